The van der Waals surface area contributed by atoms with Crippen LogP contribution in [0.25, 0.3) is 0 Å². The fourth-order valence-corrected chi connectivity index (χ4v) is 4.74. The van der Waals surface area contributed by atoms with Gasteiger partial charge in [0.1, 0.15) is 12.4 Å². The van der Waals surface area contributed by atoms with Crippen molar-refractivity contribution in [2.45, 2.75) is 4.90 Å². The maximum Gasteiger partial charge on any atom is 0.311 e. The minimum atomic E-state index is -4.35. The second kappa shape index (κ2) is 12.0. The first-order valence-electron chi connectivity index (χ1n) is 10.8. The second-order valence-electron chi connectivity index (χ2n) is 7.49. The van der Waals surface area contributed by atoms with E-state index in [-0.39, 0.29) is 33.3 Å². The van der Waals surface area contributed by atoms with Crippen molar-refractivity contribution in [3.8, 4) is 17.2 Å². The number of amides is 1. The number of sulfonamides is 1. The minimum absolute atomic E-state index is 0.0195. The quantitative estimate of drug-likeness (QED) is 0.219. The third kappa shape index (κ3) is 6.34. The number of nitrogens with one attached hydrogen (secondary N) is 1. The molecule has 12 nitrogen and oxygen atoms in total. The summed E-state index contributed by atoms with van der Waals surface area (Å²) >= 11 is 0. The van der Waals surface area contributed by atoms with Crippen LogP contribution in [0.4, 0.5) is 15.8 Å². The van der Waals surface area contributed by atoms with Crippen molar-refractivity contribution in [1.82, 2.24) is 5.43 Å². The van der Waals surface area contributed by atoms with Crippen LogP contribution in [0.1, 0.15) is 5.56 Å². The number of hydrogen-bond donors (Lipinski definition) is 1. The number of methoxy groups -OCH3 is 3. The third-order valence-corrected chi connectivity index (χ3v) is 6.92. The Balaban J connectivity index is 1.87. The topological polar surface area (TPSA) is 150 Å². The molecule has 0 heterocycles. The van der Waals surface area contributed by atoms with Crippen molar-refractivity contribution in [2.75, 3.05) is 32.2 Å². The molecule has 0 saturated heterocycles. The van der Waals surface area contributed by atoms with Crippen LogP contribution in [-0.2, 0) is 14.8 Å². The second-order valence-corrected chi connectivity index (χ2v) is 9.35. The van der Waals surface area contributed by atoms with Gasteiger partial charge in [0.25, 0.3) is 15.9 Å². The van der Waals surface area contributed by atoms with Crippen LogP contribution in [0.2, 0.25) is 0 Å². The van der Waals surface area contributed by atoms with Gasteiger partial charge in [-0.2, -0.15) is 5.10 Å². The molecule has 0 spiro atoms. The zero-order valence-corrected chi connectivity index (χ0v) is 21.3. The average molecular weight is 547 g/mol. The number of halogens is 1. The van der Waals surface area contributed by atoms with Gasteiger partial charge in [0.2, 0.25) is 0 Å². The van der Waals surface area contributed by atoms with Crippen LogP contribution in [0.5, 0.6) is 17.2 Å². The summed E-state index contributed by atoms with van der Waals surface area (Å²) in [5.74, 6) is -0.940. The number of nitro groups is 1. The highest BCUT2D eigenvalue weighted by molar-refractivity contribution is 7.92. The summed E-state index contributed by atoms with van der Waals surface area (Å²) in [6.45, 7) is -0.720. The zero-order chi connectivity index (χ0) is 27.9. The Morgan fingerprint density at radius 2 is 1.63 bits per heavy atom. The minimum Gasteiger partial charge on any atom is -0.493 e. The first-order valence-corrected chi connectivity index (χ1v) is 12.2. The summed E-state index contributed by atoms with van der Waals surface area (Å²) in [6, 6.07) is 12.5. The van der Waals surface area contributed by atoms with Gasteiger partial charge in [-0.25, -0.2) is 18.2 Å². The fourth-order valence-electron chi connectivity index (χ4n) is 3.30. The lowest BCUT2D eigenvalue weighted by molar-refractivity contribution is -0.385. The van der Waals surface area contributed by atoms with E-state index in [2.05, 4.69) is 10.5 Å². The van der Waals surface area contributed by atoms with E-state index < -0.39 is 33.2 Å². The van der Waals surface area contributed by atoms with Crippen LogP contribution >= 0.6 is 0 Å². The predicted octanol–water partition coefficient (Wildman–Crippen LogP) is 3.11. The van der Waals surface area contributed by atoms with Crippen LogP contribution in [0.15, 0.2) is 70.7 Å². The number of hydrazone groups is 1. The molecule has 0 bridgehead atoms. The van der Waals surface area contributed by atoms with Crippen molar-refractivity contribution in [2.24, 2.45) is 5.10 Å². The van der Waals surface area contributed by atoms with Gasteiger partial charge in [0.15, 0.2) is 17.2 Å². The number of carbonyl (C=O) groups is 1. The number of carbonyl (C=O) groups excluding carboxylic acids is 1. The molecule has 3 aromatic carbocycles. The Bertz CT molecular complexity index is 1460. The predicted molar refractivity (Wildman–Crippen MR) is 136 cm³/mol. The molecule has 3 aromatic rings. The van der Waals surface area contributed by atoms with Gasteiger partial charge in [-0.05, 0) is 48.5 Å². The largest absolute Gasteiger partial charge is 0.493 e. The van der Waals surface area contributed by atoms with E-state index in [9.17, 15) is 27.7 Å². The van der Waals surface area contributed by atoms with Crippen molar-refractivity contribution in [1.29, 1.82) is 0 Å². The van der Waals surface area contributed by atoms with Gasteiger partial charge in [-0.1, -0.05) is 0 Å². The van der Waals surface area contributed by atoms with Gasteiger partial charge in [-0.15, -0.1) is 0 Å². The summed E-state index contributed by atoms with van der Waals surface area (Å²) in [4.78, 5) is 23.0. The number of nitrogens with zero attached hydrogens (tertiary/aromatic N) is 3. The lowest BCUT2D eigenvalue weighted by atomic mass is 10.2. The van der Waals surface area contributed by atoms with Gasteiger partial charge >= 0.3 is 5.69 Å². The molecule has 1 N–H and O–H groups in total. The molecule has 0 aromatic heterocycles. The van der Waals surface area contributed by atoms with Crippen LogP contribution < -0.4 is 23.9 Å². The SMILES string of the molecule is COc1ccc(S(=O)(=O)N(CC(=O)N/N=C\c2ccc(OC)c([N+](=O)[O-])c2)c2ccc(F)cc2)cc1OC. The maximum atomic E-state index is 13.5. The number of nitro benzene ring substituents is 1. The number of rotatable bonds is 11. The first-order chi connectivity index (χ1) is 18.1. The lowest BCUT2D eigenvalue weighted by Crippen LogP contribution is -2.39. The molecule has 0 fully saturated rings. The van der Waals surface area contributed by atoms with E-state index in [1.807, 2.05) is 0 Å². The van der Waals surface area contributed by atoms with E-state index in [4.69, 9.17) is 14.2 Å². The normalized spacial score (nSPS) is 11.2. The van der Waals surface area contributed by atoms with Crippen LogP contribution in [-0.4, -0.2) is 53.3 Å². The Morgan fingerprint density at radius 1 is 1.00 bits per heavy atom. The number of benzene rings is 3. The van der Waals surface area contributed by atoms with Crippen LogP contribution in [0, 0.1) is 15.9 Å². The molecular formula is C24H23FN4O8S. The summed E-state index contributed by atoms with van der Waals surface area (Å²) in [7, 11) is -0.318. The van der Waals surface area contributed by atoms with Gasteiger partial charge in [-0.3, -0.25) is 19.2 Å². The number of ether oxygens (including phenoxy) is 3. The molecule has 0 aliphatic rings. The van der Waals surface area contributed by atoms with Gasteiger partial charge in [0.05, 0.1) is 43.1 Å². The molecule has 0 radical (unpaired) electrons. The van der Waals surface area contributed by atoms with Crippen molar-refractivity contribution in [3.63, 3.8) is 0 Å². The summed E-state index contributed by atoms with van der Waals surface area (Å²) < 4.78 is 56.6. The molecule has 38 heavy (non-hydrogen) atoms. The average Bonchev–Trinajstić information content (AvgIpc) is 2.91. The molecule has 200 valence electrons. The molecule has 0 atom stereocenters. The molecule has 14 heteroatoms. The smallest absolute Gasteiger partial charge is 0.311 e. The summed E-state index contributed by atoms with van der Waals surface area (Å²) in [5, 5.41) is 14.9. The number of anilines is 1. The first kappa shape index (κ1) is 27.9. The van der Waals surface area contributed by atoms with E-state index in [1.165, 1.54) is 69.9 Å². The molecule has 1 amide bonds. The van der Waals surface area contributed by atoms with E-state index >= 15 is 0 Å². The highest BCUT2D eigenvalue weighted by Gasteiger charge is 2.28. The Hall–Kier alpha value is -4.72. The highest BCUT2D eigenvalue weighted by atomic mass is 32.2. The molecule has 0 saturated carbocycles. The Labute approximate surface area is 217 Å². The highest BCUT2D eigenvalue weighted by Crippen LogP contribution is 2.32. The molecule has 0 aliphatic carbocycles. The molecule has 0 aliphatic heterocycles. The van der Waals surface area contributed by atoms with E-state index in [0.717, 1.165) is 22.7 Å². The van der Waals surface area contributed by atoms with Crippen LogP contribution in [0.3, 0.4) is 0 Å². The molecule has 3 rings (SSSR count). The molecular weight excluding hydrogens is 523 g/mol. The van der Waals surface area contributed by atoms with Crippen molar-refractivity contribution in [3.05, 3.63) is 82.2 Å². The summed E-state index contributed by atoms with van der Waals surface area (Å²) in [6.07, 6.45) is 1.15. The van der Waals surface area contributed by atoms with E-state index in [1.54, 1.807) is 0 Å². The molecule has 0 unspecified atom stereocenters. The summed E-state index contributed by atoms with van der Waals surface area (Å²) in [5.41, 5.74) is 2.19. The zero-order valence-electron chi connectivity index (χ0n) is 20.5. The third-order valence-electron chi connectivity index (χ3n) is 5.15. The van der Waals surface area contributed by atoms with Crippen molar-refractivity contribution >= 4 is 33.5 Å². The standard InChI is InChI=1S/C24H23FN4O8S/c1-35-21-10-4-16(12-20(21)29(31)32)14-26-27-24(30)15-28(18-7-5-17(25)6-8-18)38(33,34)19-9-11-22(36-2)23(13-19)37-3/h4-14H,15H2,1-3H3,(H,27,30)/b26-14-. The Morgan fingerprint density at radius 3 is 2.24 bits per heavy atom. The monoisotopic (exact) mass is 546 g/mol. The fraction of sp³-hybridized carbons (Fsp3) is 0.167. The number of hydrogen-bond acceptors (Lipinski definition) is 9. The Kier molecular flexibility index (Phi) is 8.81. The van der Waals surface area contributed by atoms with E-state index in [0.29, 0.717) is 5.75 Å². The van der Waals surface area contributed by atoms with Crippen molar-refractivity contribution < 1.29 is 36.7 Å². The lowest BCUT2D eigenvalue weighted by Gasteiger charge is -2.24. The van der Waals surface area contributed by atoms with Gasteiger partial charge in [0, 0.05) is 17.7 Å². The maximum absolute atomic E-state index is 13.5. The van der Waals surface area contributed by atoms with Gasteiger partial charge < -0.3 is 14.2 Å².